The largest absolute Gasteiger partial charge is 0.383 e. The Hall–Kier alpha value is -0.650. The standard InChI is InChI=1S/C14H25N3OS/c1-10(2)13-12(9-15-3)19-14(16-13)17(7-8-18-4)11-5-6-11/h10-11,15H,5-9H2,1-4H3. The van der Waals surface area contributed by atoms with Crippen LogP contribution >= 0.6 is 11.3 Å². The Bertz CT molecular complexity index is 401. The summed E-state index contributed by atoms with van der Waals surface area (Å²) in [6.07, 6.45) is 2.59. The fourth-order valence-electron chi connectivity index (χ4n) is 2.22. The molecule has 0 unspecified atom stereocenters. The number of aromatic nitrogens is 1. The van der Waals surface area contributed by atoms with Crippen molar-refractivity contribution >= 4 is 16.5 Å². The van der Waals surface area contributed by atoms with Crippen molar-refractivity contribution in [3.63, 3.8) is 0 Å². The van der Waals surface area contributed by atoms with Gasteiger partial charge in [0.05, 0.1) is 12.3 Å². The number of methoxy groups -OCH3 is 1. The molecule has 0 atom stereocenters. The molecule has 19 heavy (non-hydrogen) atoms. The van der Waals surface area contributed by atoms with E-state index in [9.17, 15) is 0 Å². The van der Waals surface area contributed by atoms with Crippen LogP contribution in [0.1, 0.15) is 43.2 Å². The normalized spacial score (nSPS) is 15.2. The van der Waals surface area contributed by atoms with Crippen molar-refractivity contribution in [2.45, 2.75) is 45.2 Å². The highest BCUT2D eigenvalue weighted by atomic mass is 32.1. The van der Waals surface area contributed by atoms with Gasteiger partial charge in [0.25, 0.3) is 0 Å². The molecule has 0 bridgehead atoms. The molecule has 108 valence electrons. The smallest absolute Gasteiger partial charge is 0.186 e. The van der Waals surface area contributed by atoms with Gasteiger partial charge in [-0.15, -0.1) is 11.3 Å². The van der Waals surface area contributed by atoms with Gasteiger partial charge in [-0.1, -0.05) is 13.8 Å². The average Bonchev–Trinajstić information content (AvgIpc) is 3.11. The van der Waals surface area contributed by atoms with E-state index in [1.165, 1.54) is 28.5 Å². The van der Waals surface area contributed by atoms with Crippen LogP contribution in [0.15, 0.2) is 0 Å². The van der Waals surface area contributed by atoms with E-state index < -0.39 is 0 Å². The van der Waals surface area contributed by atoms with Gasteiger partial charge in [0.15, 0.2) is 5.13 Å². The van der Waals surface area contributed by atoms with Crippen LogP contribution in [0.2, 0.25) is 0 Å². The van der Waals surface area contributed by atoms with Crippen molar-refractivity contribution in [1.29, 1.82) is 0 Å². The molecule has 0 spiro atoms. The van der Waals surface area contributed by atoms with Gasteiger partial charge in [-0.05, 0) is 25.8 Å². The first kappa shape index (κ1) is 14.8. The lowest BCUT2D eigenvalue weighted by Gasteiger charge is -2.20. The van der Waals surface area contributed by atoms with Crippen LogP contribution in [-0.4, -0.2) is 38.3 Å². The molecular formula is C14H25N3OS. The number of hydrogen-bond donors (Lipinski definition) is 1. The predicted octanol–water partition coefficient (Wildman–Crippen LogP) is 2.60. The molecule has 1 aliphatic rings. The lowest BCUT2D eigenvalue weighted by molar-refractivity contribution is 0.205. The molecule has 1 N–H and O–H groups in total. The minimum absolute atomic E-state index is 0.483. The molecule has 1 fully saturated rings. The molecular weight excluding hydrogens is 258 g/mol. The van der Waals surface area contributed by atoms with Crippen molar-refractivity contribution in [1.82, 2.24) is 10.3 Å². The quantitative estimate of drug-likeness (QED) is 0.796. The summed E-state index contributed by atoms with van der Waals surface area (Å²) in [5.41, 5.74) is 1.25. The molecule has 1 aliphatic carbocycles. The van der Waals surface area contributed by atoms with Crippen LogP contribution in [-0.2, 0) is 11.3 Å². The van der Waals surface area contributed by atoms with Crippen molar-refractivity contribution < 1.29 is 4.74 Å². The van der Waals surface area contributed by atoms with Crippen molar-refractivity contribution in [2.24, 2.45) is 0 Å². The van der Waals surface area contributed by atoms with E-state index in [0.717, 1.165) is 19.7 Å². The lowest BCUT2D eigenvalue weighted by Crippen LogP contribution is -2.29. The molecule has 0 saturated heterocycles. The van der Waals surface area contributed by atoms with E-state index in [4.69, 9.17) is 9.72 Å². The first-order chi connectivity index (χ1) is 9.17. The summed E-state index contributed by atoms with van der Waals surface area (Å²) in [6, 6.07) is 0.684. The molecule has 1 aromatic rings. The highest BCUT2D eigenvalue weighted by Gasteiger charge is 2.31. The summed E-state index contributed by atoms with van der Waals surface area (Å²) in [7, 11) is 3.76. The van der Waals surface area contributed by atoms with Crippen LogP contribution in [0.4, 0.5) is 5.13 Å². The van der Waals surface area contributed by atoms with E-state index in [0.29, 0.717) is 12.0 Å². The van der Waals surface area contributed by atoms with E-state index in [1.807, 2.05) is 18.4 Å². The van der Waals surface area contributed by atoms with E-state index >= 15 is 0 Å². The minimum Gasteiger partial charge on any atom is -0.383 e. The summed E-state index contributed by atoms with van der Waals surface area (Å²) in [5, 5.41) is 4.42. The second-order valence-corrected chi connectivity index (χ2v) is 6.47. The molecule has 4 nitrogen and oxygen atoms in total. The molecule has 0 amide bonds. The first-order valence-electron chi connectivity index (χ1n) is 7.07. The number of nitrogens with zero attached hydrogens (tertiary/aromatic N) is 2. The van der Waals surface area contributed by atoms with Crippen LogP contribution in [0, 0.1) is 0 Å². The fraction of sp³-hybridized carbons (Fsp3) is 0.786. The summed E-state index contributed by atoms with van der Waals surface area (Å²) >= 11 is 1.84. The zero-order valence-electron chi connectivity index (χ0n) is 12.4. The molecule has 0 radical (unpaired) electrons. The van der Waals surface area contributed by atoms with Gasteiger partial charge in [-0.3, -0.25) is 0 Å². The second kappa shape index (κ2) is 6.68. The van der Waals surface area contributed by atoms with Gasteiger partial charge >= 0.3 is 0 Å². The number of thiazole rings is 1. The summed E-state index contributed by atoms with van der Waals surface area (Å²) in [6.45, 7) is 7.07. The number of anilines is 1. The maximum Gasteiger partial charge on any atom is 0.186 e. The maximum atomic E-state index is 5.23. The van der Waals surface area contributed by atoms with Gasteiger partial charge in [0, 0.05) is 31.1 Å². The number of rotatable bonds is 8. The zero-order valence-corrected chi connectivity index (χ0v) is 13.2. The fourth-order valence-corrected chi connectivity index (χ4v) is 3.55. The topological polar surface area (TPSA) is 37.4 Å². The van der Waals surface area contributed by atoms with Gasteiger partial charge in [-0.25, -0.2) is 4.98 Å². The number of nitrogens with one attached hydrogen (secondary N) is 1. The van der Waals surface area contributed by atoms with Gasteiger partial charge in [-0.2, -0.15) is 0 Å². The third-order valence-corrected chi connectivity index (χ3v) is 4.48. The summed E-state index contributed by atoms with van der Waals surface area (Å²) in [4.78, 5) is 8.69. The third kappa shape index (κ3) is 3.68. The Kier molecular flexibility index (Phi) is 5.19. The second-order valence-electron chi connectivity index (χ2n) is 5.41. The summed E-state index contributed by atoms with van der Waals surface area (Å²) < 4.78 is 5.23. The van der Waals surface area contributed by atoms with Gasteiger partial charge in [0.1, 0.15) is 0 Å². The zero-order chi connectivity index (χ0) is 13.8. The maximum absolute atomic E-state index is 5.23. The van der Waals surface area contributed by atoms with Crippen molar-refractivity contribution in [3.05, 3.63) is 10.6 Å². The van der Waals surface area contributed by atoms with Crippen molar-refractivity contribution in [3.8, 4) is 0 Å². The van der Waals surface area contributed by atoms with Crippen LogP contribution < -0.4 is 10.2 Å². The van der Waals surface area contributed by atoms with Gasteiger partial charge in [0.2, 0.25) is 0 Å². The van der Waals surface area contributed by atoms with Crippen molar-refractivity contribution in [2.75, 3.05) is 32.2 Å². The third-order valence-electron chi connectivity index (χ3n) is 3.37. The highest BCUT2D eigenvalue weighted by molar-refractivity contribution is 7.15. The molecule has 1 saturated carbocycles. The predicted molar refractivity (Wildman–Crippen MR) is 81.2 cm³/mol. The molecule has 0 aliphatic heterocycles. The first-order valence-corrected chi connectivity index (χ1v) is 7.88. The molecule has 2 rings (SSSR count). The monoisotopic (exact) mass is 283 g/mol. The Morgan fingerprint density at radius 1 is 1.47 bits per heavy atom. The molecule has 1 aromatic heterocycles. The number of ether oxygens (including phenoxy) is 1. The lowest BCUT2D eigenvalue weighted by atomic mass is 10.1. The Labute approximate surface area is 120 Å². The van der Waals surface area contributed by atoms with E-state index in [-0.39, 0.29) is 0 Å². The molecule has 1 heterocycles. The van der Waals surface area contributed by atoms with Gasteiger partial charge < -0.3 is 15.0 Å². The van der Waals surface area contributed by atoms with E-state index in [1.54, 1.807) is 7.11 Å². The highest BCUT2D eigenvalue weighted by Crippen LogP contribution is 2.36. The Morgan fingerprint density at radius 2 is 2.21 bits per heavy atom. The Morgan fingerprint density at radius 3 is 2.74 bits per heavy atom. The minimum atomic E-state index is 0.483. The SMILES string of the molecule is CNCc1sc(N(CCOC)C2CC2)nc1C(C)C. The summed E-state index contributed by atoms with van der Waals surface area (Å²) in [5.74, 6) is 0.483. The average molecular weight is 283 g/mol. The Balaban J connectivity index is 2.18. The molecule has 5 heteroatoms. The van der Waals surface area contributed by atoms with E-state index in [2.05, 4.69) is 24.1 Å². The van der Waals surface area contributed by atoms with Crippen LogP contribution in [0.3, 0.4) is 0 Å². The van der Waals surface area contributed by atoms with Crippen LogP contribution in [0.5, 0.6) is 0 Å². The molecule has 0 aromatic carbocycles. The number of hydrogen-bond acceptors (Lipinski definition) is 5. The van der Waals surface area contributed by atoms with Crippen LogP contribution in [0.25, 0.3) is 0 Å².